The summed E-state index contributed by atoms with van der Waals surface area (Å²) in [6.07, 6.45) is 2.22. The maximum atomic E-state index is 5.95. The molecule has 2 N–H and O–H groups in total. The minimum atomic E-state index is 0.362. The third-order valence-electron chi connectivity index (χ3n) is 4.85. The molecule has 2 heterocycles. The van der Waals surface area contributed by atoms with Crippen LogP contribution in [0, 0.1) is 6.92 Å². The maximum absolute atomic E-state index is 5.95. The molecular formula is C20H21ClN4S. The van der Waals surface area contributed by atoms with E-state index in [1.807, 2.05) is 24.3 Å². The van der Waals surface area contributed by atoms with Crippen molar-refractivity contribution in [3.05, 3.63) is 58.9 Å². The molecule has 0 radical (unpaired) electrons. The van der Waals surface area contributed by atoms with Gasteiger partial charge in [0.15, 0.2) is 5.11 Å². The summed E-state index contributed by atoms with van der Waals surface area (Å²) in [5.41, 5.74) is 4.34. The van der Waals surface area contributed by atoms with Crippen LogP contribution >= 0.6 is 23.8 Å². The number of H-pyrrole nitrogens is 1. The lowest BCUT2D eigenvalue weighted by molar-refractivity contribution is 0.307. The lowest BCUT2D eigenvalue weighted by atomic mass is 9.98. The van der Waals surface area contributed by atoms with Gasteiger partial charge in [0.25, 0.3) is 0 Å². The van der Waals surface area contributed by atoms with Crippen molar-refractivity contribution in [3.63, 3.8) is 0 Å². The number of anilines is 1. The Balaban J connectivity index is 1.47. The van der Waals surface area contributed by atoms with E-state index >= 15 is 0 Å². The van der Waals surface area contributed by atoms with Gasteiger partial charge in [-0.05, 0) is 73.9 Å². The Morgan fingerprint density at radius 3 is 2.88 bits per heavy atom. The fourth-order valence-corrected chi connectivity index (χ4v) is 3.87. The molecule has 1 fully saturated rings. The van der Waals surface area contributed by atoms with Crippen LogP contribution in [0.1, 0.15) is 30.1 Å². The highest BCUT2D eigenvalue weighted by Gasteiger charge is 2.25. The van der Waals surface area contributed by atoms with E-state index in [0.29, 0.717) is 5.92 Å². The summed E-state index contributed by atoms with van der Waals surface area (Å²) in [6.45, 7) is 3.94. The highest BCUT2D eigenvalue weighted by atomic mass is 35.5. The second-order valence-electron chi connectivity index (χ2n) is 6.86. The maximum Gasteiger partial charge on any atom is 0.173 e. The van der Waals surface area contributed by atoms with Crippen LogP contribution in [0.25, 0.3) is 11.0 Å². The van der Waals surface area contributed by atoms with Crippen molar-refractivity contribution in [2.75, 3.05) is 18.4 Å². The zero-order valence-corrected chi connectivity index (χ0v) is 16.2. The highest BCUT2D eigenvalue weighted by Crippen LogP contribution is 2.27. The molecule has 0 saturated carbocycles. The number of rotatable bonds is 2. The Labute approximate surface area is 163 Å². The Kier molecular flexibility index (Phi) is 4.83. The number of thiocarbonyl (C=S) groups is 1. The largest absolute Gasteiger partial charge is 0.348 e. The van der Waals surface area contributed by atoms with Crippen LogP contribution in [-0.4, -0.2) is 33.1 Å². The Morgan fingerprint density at radius 1 is 1.27 bits per heavy atom. The minimum absolute atomic E-state index is 0.362. The van der Waals surface area contributed by atoms with Gasteiger partial charge in [-0.3, -0.25) is 0 Å². The summed E-state index contributed by atoms with van der Waals surface area (Å²) in [6, 6.07) is 13.9. The number of hydrogen-bond acceptors (Lipinski definition) is 2. The molecule has 2 aromatic carbocycles. The summed E-state index contributed by atoms with van der Waals surface area (Å²) in [5.74, 6) is 1.42. The van der Waals surface area contributed by atoms with Crippen molar-refractivity contribution < 1.29 is 0 Å². The monoisotopic (exact) mass is 384 g/mol. The zero-order chi connectivity index (χ0) is 18.1. The number of aromatic nitrogens is 2. The third-order valence-corrected chi connectivity index (χ3v) is 5.46. The first-order valence-corrected chi connectivity index (χ1v) is 9.65. The smallest absolute Gasteiger partial charge is 0.173 e. The highest BCUT2D eigenvalue weighted by molar-refractivity contribution is 7.80. The van der Waals surface area contributed by atoms with E-state index in [9.17, 15) is 0 Å². The standard InChI is InChI=1S/C20H21ClN4S/c1-13-4-9-17-18(11-13)24-19(23-17)14-3-2-10-25(12-14)20(26)22-16-7-5-15(21)6-8-16/h4-9,11,14H,2-3,10,12H2,1H3,(H,22,26)(H,23,24)/t14-/m0/s1. The third kappa shape index (κ3) is 3.69. The molecule has 1 aromatic heterocycles. The minimum Gasteiger partial charge on any atom is -0.348 e. The van der Waals surface area contributed by atoms with Crippen LogP contribution in [0.2, 0.25) is 5.02 Å². The molecule has 6 heteroatoms. The summed E-state index contributed by atoms with van der Waals surface area (Å²) in [5, 5.41) is 4.79. The first-order valence-electron chi connectivity index (χ1n) is 8.86. The van der Waals surface area contributed by atoms with Gasteiger partial charge in [0.05, 0.1) is 11.0 Å². The predicted octanol–water partition coefficient (Wildman–Crippen LogP) is 5.10. The average Bonchev–Trinajstić information content (AvgIpc) is 3.07. The molecule has 0 spiro atoms. The number of piperidine rings is 1. The summed E-state index contributed by atoms with van der Waals surface area (Å²) >= 11 is 11.6. The Morgan fingerprint density at radius 2 is 2.08 bits per heavy atom. The molecule has 1 atom stereocenters. The molecular weight excluding hydrogens is 364 g/mol. The molecule has 0 bridgehead atoms. The van der Waals surface area contributed by atoms with Crippen molar-refractivity contribution in [3.8, 4) is 0 Å². The Hall–Kier alpha value is -2.11. The topological polar surface area (TPSA) is 44.0 Å². The summed E-state index contributed by atoms with van der Waals surface area (Å²) < 4.78 is 0. The van der Waals surface area contributed by atoms with Crippen LogP contribution in [0.15, 0.2) is 42.5 Å². The normalized spacial score (nSPS) is 17.5. The van der Waals surface area contributed by atoms with Crippen LogP contribution in [0.5, 0.6) is 0 Å². The molecule has 4 rings (SSSR count). The first kappa shape index (κ1) is 17.3. The quantitative estimate of drug-likeness (QED) is 0.603. The van der Waals surface area contributed by atoms with Gasteiger partial charge in [-0.2, -0.15) is 0 Å². The number of nitrogens with one attached hydrogen (secondary N) is 2. The predicted molar refractivity (Wildman–Crippen MR) is 112 cm³/mol. The van der Waals surface area contributed by atoms with Crippen molar-refractivity contribution >= 4 is 45.7 Å². The molecule has 134 valence electrons. The van der Waals surface area contributed by atoms with Crippen molar-refractivity contribution in [1.82, 2.24) is 14.9 Å². The van der Waals surface area contributed by atoms with Gasteiger partial charge in [-0.1, -0.05) is 17.7 Å². The van der Waals surface area contributed by atoms with E-state index < -0.39 is 0 Å². The fourth-order valence-electron chi connectivity index (χ4n) is 3.46. The number of halogens is 1. The second-order valence-corrected chi connectivity index (χ2v) is 7.69. The van der Waals surface area contributed by atoms with Crippen LogP contribution in [0.4, 0.5) is 5.69 Å². The van der Waals surface area contributed by atoms with Gasteiger partial charge in [0.1, 0.15) is 5.82 Å². The van der Waals surface area contributed by atoms with E-state index in [4.69, 9.17) is 28.8 Å². The molecule has 0 unspecified atom stereocenters. The van der Waals surface area contributed by atoms with Crippen LogP contribution in [-0.2, 0) is 0 Å². The van der Waals surface area contributed by atoms with Crippen LogP contribution in [0.3, 0.4) is 0 Å². The van der Waals surface area contributed by atoms with Gasteiger partial charge in [-0.15, -0.1) is 0 Å². The number of fused-ring (bicyclic) bond motifs is 1. The molecule has 3 aromatic rings. The summed E-state index contributed by atoms with van der Waals surface area (Å²) in [4.78, 5) is 10.5. The van der Waals surface area contributed by atoms with Gasteiger partial charge < -0.3 is 15.2 Å². The zero-order valence-electron chi connectivity index (χ0n) is 14.6. The van der Waals surface area contributed by atoms with Crippen LogP contribution < -0.4 is 5.32 Å². The molecule has 4 nitrogen and oxygen atoms in total. The number of imidazole rings is 1. The van der Waals surface area contributed by atoms with Gasteiger partial charge in [0.2, 0.25) is 0 Å². The van der Waals surface area contributed by atoms with E-state index in [0.717, 1.165) is 58.6 Å². The lowest BCUT2D eigenvalue weighted by Crippen LogP contribution is -2.41. The molecule has 1 aliphatic heterocycles. The molecule has 26 heavy (non-hydrogen) atoms. The molecule has 0 aliphatic carbocycles. The van der Waals surface area contributed by atoms with Gasteiger partial charge in [-0.25, -0.2) is 4.98 Å². The first-order chi connectivity index (χ1) is 12.6. The van der Waals surface area contributed by atoms with Crippen molar-refractivity contribution in [1.29, 1.82) is 0 Å². The molecule has 1 saturated heterocycles. The SMILES string of the molecule is Cc1ccc2nc([C@H]3CCCN(C(=S)Nc4ccc(Cl)cc4)C3)[nH]c2c1. The van der Waals surface area contributed by atoms with Gasteiger partial charge in [0, 0.05) is 29.7 Å². The number of aromatic amines is 1. The fraction of sp³-hybridized carbons (Fsp3) is 0.300. The van der Waals surface area contributed by atoms with E-state index in [1.165, 1.54) is 5.56 Å². The lowest BCUT2D eigenvalue weighted by Gasteiger charge is -2.33. The molecule has 1 aliphatic rings. The van der Waals surface area contributed by atoms with E-state index in [1.54, 1.807) is 0 Å². The van der Waals surface area contributed by atoms with E-state index in [2.05, 4.69) is 40.3 Å². The van der Waals surface area contributed by atoms with E-state index in [-0.39, 0.29) is 0 Å². The van der Waals surface area contributed by atoms with Crippen molar-refractivity contribution in [2.45, 2.75) is 25.7 Å². The van der Waals surface area contributed by atoms with Gasteiger partial charge >= 0.3 is 0 Å². The average molecular weight is 385 g/mol. The number of benzene rings is 2. The van der Waals surface area contributed by atoms with Crippen molar-refractivity contribution in [2.24, 2.45) is 0 Å². The number of likely N-dealkylation sites (tertiary alicyclic amines) is 1. The number of nitrogens with zero attached hydrogens (tertiary/aromatic N) is 2. The Bertz CT molecular complexity index is 935. The number of hydrogen-bond donors (Lipinski definition) is 2. The molecule has 0 amide bonds. The summed E-state index contributed by atoms with van der Waals surface area (Å²) in [7, 11) is 0. The number of aryl methyl sites for hydroxylation is 1. The second kappa shape index (κ2) is 7.25.